The first-order valence-electron chi connectivity index (χ1n) is 7.37. The molecular weight excluding hydrogens is 291 g/mol. The molecule has 1 fully saturated rings. The van der Waals surface area contributed by atoms with Crippen molar-refractivity contribution in [3.63, 3.8) is 0 Å². The molecule has 21 heavy (non-hydrogen) atoms. The van der Waals surface area contributed by atoms with Crippen molar-refractivity contribution in [1.29, 1.82) is 0 Å². The monoisotopic (exact) mass is 314 g/mol. The largest absolute Gasteiger partial charge is 0.399 e. The molecule has 0 amide bonds. The quantitative estimate of drug-likeness (QED) is 0.873. The van der Waals surface area contributed by atoms with Crippen LogP contribution in [0.15, 0.2) is 23.1 Å². The van der Waals surface area contributed by atoms with E-state index in [0.29, 0.717) is 24.9 Å². The summed E-state index contributed by atoms with van der Waals surface area (Å²) >= 11 is 0. The maximum absolute atomic E-state index is 13.4. The molecule has 4 nitrogen and oxygen atoms in total. The number of nitrogens with two attached hydrogens (primary N) is 1. The van der Waals surface area contributed by atoms with Gasteiger partial charge in [-0.05, 0) is 49.3 Å². The van der Waals surface area contributed by atoms with Gasteiger partial charge in [0.05, 0.1) is 4.90 Å². The molecule has 0 radical (unpaired) electrons. The lowest BCUT2D eigenvalue weighted by atomic mass is 9.89. The Labute approximate surface area is 126 Å². The molecule has 1 aromatic rings. The number of nitrogen functional groups attached to an aromatic ring is 1. The molecule has 0 bridgehead atoms. The number of hydrogen-bond acceptors (Lipinski definition) is 3. The van der Waals surface area contributed by atoms with Gasteiger partial charge in [0.1, 0.15) is 5.82 Å². The highest BCUT2D eigenvalue weighted by Crippen LogP contribution is 2.28. The molecule has 0 aliphatic carbocycles. The molecule has 0 aromatic heterocycles. The molecule has 6 heteroatoms. The molecule has 118 valence electrons. The Morgan fingerprint density at radius 1 is 1.24 bits per heavy atom. The van der Waals surface area contributed by atoms with Crippen LogP contribution >= 0.6 is 0 Å². The van der Waals surface area contributed by atoms with Crippen molar-refractivity contribution < 1.29 is 12.8 Å². The van der Waals surface area contributed by atoms with E-state index in [-0.39, 0.29) is 10.6 Å². The van der Waals surface area contributed by atoms with Gasteiger partial charge in [0.2, 0.25) is 10.0 Å². The van der Waals surface area contributed by atoms with Gasteiger partial charge in [-0.3, -0.25) is 0 Å². The summed E-state index contributed by atoms with van der Waals surface area (Å²) in [7, 11) is -3.67. The van der Waals surface area contributed by atoms with Gasteiger partial charge in [-0.25, -0.2) is 12.8 Å². The Hall–Kier alpha value is -1.14. The first-order chi connectivity index (χ1) is 9.80. The van der Waals surface area contributed by atoms with Gasteiger partial charge in [0, 0.05) is 18.8 Å². The second-order valence-corrected chi connectivity index (χ2v) is 8.00. The molecule has 1 saturated heterocycles. The number of nitrogens with zero attached hydrogens (tertiary/aromatic N) is 1. The van der Waals surface area contributed by atoms with Crippen LogP contribution in [0.25, 0.3) is 0 Å². The van der Waals surface area contributed by atoms with E-state index in [1.54, 1.807) is 0 Å². The minimum Gasteiger partial charge on any atom is -0.399 e. The Kier molecular flexibility index (Phi) is 4.88. The molecule has 1 unspecified atom stereocenters. The molecular formula is C15H23FN2O2S. The molecule has 1 aliphatic rings. The summed E-state index contributed by atoms with van der Waals surface area (Å²) in [5.74, 6) is 0.476. The summed E-state index contributed by atoms with van der Waals surface area (Å²) in [5, 5.41) is 0. The van der Waals surface area contributed by atoms with Crippen LogP contribution in [0.3, 0.4) is 0 Å². The molecule has 1 atom stereocenters. The fraction of sp³-hybridized carbons (Fsp3) is 0.600. The van der Waals surface area contributed by atoms with Gasteiger partial charge in [0.25, 0.3) is 0 Å². The van der Waals surface area contributed by atoms with Crippen LogP contribution in [0.1, 0.15) is 33.1 Å². The van der Waals surface area contributed by atoms with Crippen LogP contribution in [0, 0.1) is 17.7 Å². The van der Waals surface area contributed by atoms with E-state index in [4.69, 9.17) is 5.73 Å². The number of hydrogen-bond donors (Lipinski definition) is 1. The highest BCUT2D eigenvalue weighted by Gasteiger charge is 2.28. The Bertz CT molecular complexity index is 581. The fourth-order valence-electron chi connectivity index (χ4n) is 2.89. The molecule has 1 heterocycles. The van der Waals surface area contributed by atoms with Crippen LogP contribution < -0.4 is 5.73 Å². The summed E-state index contributed by atoms with van der Waals surface area (Å²) in [4.78, 5) is -0.0528. The standard InChI is InChI=1S/C15H23FN2O2S/c1-11(2)12-4-3-6-18(7-5-12)21(19,20)15-9-13(16)8-14(17)10-15/h8-12H,3-7,17H2,1-2H3. The van der Waals surface area contributed by atoms with Crippen LogP contribution in [-0.2, 0) is 10.0 Å². The van der Waals surface area contributed by atoms with Gasteiger partial charge >= 0.3 is 0 Å². The smallest absolute Gasteiger partial charge is 0.243 e. The Morgan fingerprint density at radius 2 is 1.95 bits per heavy atom. The first kappa shape index (κ1) is 16.2. The minimum absolute atomic E-state index is 0.0528. The third-order valence-corrected chi connectivity index (χ3v) is 6.08. The van der Waals surface area contributed by atoms with Crippen molar-refractivity contribution in [3.8, 4) is 0 Å². The van der Waals surface area contributed by atoms with E-state index in [1.807, 2.05) is 0 Å². The van der Waals surface area contributed by atoms with E-state index < -0.39 is 15.8 Å². The molecule has 0 saturated carbocycles. The molecule has 2 rings (SSSR count). The SMILES string of the molecule is CC(C)C1CCCN(S(=O)(=O)c2cc(N)cc(F)c2)CC1. The van der Waals surface area contributed by atoms with Crippen molar-refractivity contribution in [3.05, 3.63) is 24.0 Å². The maximum atomic E-state index is 13.4. The fourth-order valence-corrected chi connectivity index (χ4v) is 4.45. The average molecular weight is 314 g/mol. The van der Waals surface area contributed by atoms with Crippen LogP contribution in [0.2, 0.25) is 0 Å². The number of benzene rings is 1. The predicted octanol–water partition coefficient (Wildman–Crippen LogP) is 2.85. The van der Waals surface area contributed by atoms with Crippen LogP contribution in [-0.4, -0.2) is 25.8 Å². The highest BCUT2D eigenvalue weighted by molar-refractivity contribution is 7.89. The third kappa shape index (κ3) is 3.74. The minimum atomic E-state index is -3.67. The average Bonchev–Trinajstić information content (AvgIpc) is 2.63. The first-order valence-corrected chi connectivity index (χ1v) is 8.81. The van der Waals surface area contributed by atoms with Gasteiger partial charge in [-0.15, -0.1) is 0 Å². The van der Waals surface area contributed by atoms with Gasteiger partial charge in [-0.1, -0.05) is 13.8 Å². The van der Waals surface area contributed by atoms with Crippen molar-refractivity contribution in [2.75, 3.05) is 18.8 Å². The lowest BCUT2D eigenvalue weighted by molar-refractivity contribution is 0.340. The zero-order valence-corrected chi connectivity index (χ0v) is 13.4. The summed E-state index contributed by atoms with van der Waals surface area (Å²) in [5.41, 5.74) is 5.68. The van der Waals surface area contributed by atoms with E-state index in [0.717, 1.165) is 31.4 Å². The summed E-state index contributed by atoms with van der Waals surface area (Å²) in [6.07, 6.45) is 2.73. The summed E-state index contributed by atoms with van der Waals surface area (Å²) in [6.45, 7) is 5.31. The van der Waals surface area contributed by atoms with Gasteiger partial charge in [-0.2, -0.15) is 4.31 Å². The Balaban J connectivity index is 2.23. The van der Waals surface area contributed by atoms with Crippen LogP contribution in [0.4, 0.5) is 10.1 Å². The highest BCUT2D eigenvalue weighted by atomic mass is 32.2. The lowest BCUT2D eigenvalue weighted by Gasteiger charge is -2.21. The number of rotatable bonds is 3. The maximum Gasteiger partial charge on any atom is 0.243 e. The lowest BCUT2D eigenvalue weighted by Crippen LogP contribution is -2.32. The second-order valence-electron chi connectivity index (χ2n) is 6.06. The zero-order chi connectivity index (χ0) is 15.6. The van der Waals surface area contributed by atoms with E-state index >= 15 is 0 Å². The third-order valence-electron chi connectivity index (χ3n) is 4.21. The topological polar surface area (TPSA) is 63.4 Å². The normalized spacial score (nSPS) is 21.4. The molecule has 0 spiro atoms. The van der Waals surface area contributed by atoms with Gasteiger partial charge < -0.3 is 5.73 Å². The zero-order valence-electron chi connectivity index (χ0n) is 12.5. The second kappa shape index (κ2) is 6.32. The van der Waals surface area contributed by atoms with E-state index in [2.05, 4.69) is 13.8 Å². The Morgan fingerprint density at radius 3 is 2.57 bits per heavy atom. The number of halogens is 1. The van der Waals surface area contributed by atoms with Gasteiger partial charge in [0.15, 0.2) is 0 Å². The van der Waals surface area contributed by atoms with E-state index in [1.165, 1.54) is 10.4 Å². The molecule has 1 aromatic carbocycles. The summed E-state index contributed by atoms with van der Waals surface area (Å²) < 4.78 is 40.1. The van der Waals surface area contributed by atoms with Crippen molar-refractivity contribution >= 4 is 15.7 Å². The predicted molar refractivity (Wildman–Crippen MR) is 81.8 cm³/mol. The molecule has 2 N–H and O–H groups in total. The van der Waals surface area contributed by atoms with Crippen molar-refractivity contribution in [2.45, 2.75) is 38.0 Å². The number of sulfonamides is 1. The molecule has 1 aliphatic heterocycles. The number of anilines is 1. The van der Waals surface area contributed by atoms with Crippen LogP contribution in [0.5, 0.6) is 0 Å². The summed E-state index contributed by atoms with van der Waals surface area (Å²) in [6, 6.07) is 3.48. The van der Waals surface area contributed by atoms with Crippen molar-refractivity contribution in [2.24, 2.45) is 11.8 Å². The van der Waals surface area contributed by atoms with Crippen molar-refractivity contribution in [1.82, 2.24) is 4.31 Å². The van der Waals surface area contributed by atoms with E-state index in [9.17, 15) is 12.8 Å².